The van der Waals surface area contributed by atoms with Gasteiger partial charge in [-0.05, 0) is 42.9 Å². The van der Waals surface area contributed by atoms with Crippen LogP contribution in [0.3, 0.4) is 0 Å². The Morgan fingerprint density at radius 3 is 2.44 bits per heavy atom. The van der Waals surface area contributed by atoms with Gasteiger partial charge in [0.25, 0.3) is 11.8 Å². The van der Waals surface area contributed by atoms with Gasteiger partial charge in [0.15, 0.2) is 5.69 Å². The second-order valence-electron chi connectivity index (χ2n) is 9.12. The molecule has 2 aromatic carbocycles. The molecule has 0 saturated carbocycles. The third-order valence-corrected chi connectivity index (χ3v) is 7.18. The molecule has 2 fully saturated rings. The van der Waals surface area contributed by atoms with E-state index in [-0.39, 0.29) is 29.9 Å². The molecular formula is C25H28N4O3. The number of aliphatic hydroxyl groups is 1. The Kier molecular flexibility index (Phi) is 5.21. The maximum atomic E-state index is 13.3. The molecule has 2 aliphatic heterocycles. The predicted molar refractivity (Wildman–Crippen MR) is 121 cm³/mol. The lowest BCUT2D eigenvalue weighted by Gasteiger charge is -2.39. The first kappa shape index (κ1) is 20.7. The minimum Gasteiger partial charge on any atom is -0.394 e. The molecule has 0 aliphatic carbocycles. The van der Waals surface area contributed by atoms with Crippen LogP contribution in [0.25, 0.3) is 10.9 Å². The lowest BCUT2D eigenvalue weighted by atomic mass is 9.76. The summed E-state index contributed by atoms with van der Waals surface area (Å²) in [5.41, 5.74) is 2.04. The Hall–Kier alpha value is -3.19. The van der Waals surface area contributed by atoms with Crippen LogP contribution in [0.15, 0.2) is 54.6 Å². The Morgan fingerprint density at radius 1 is 1.03 bits per heavy atom. The number of fused-ring (bicyclic) bond motifs is 1. The van der Waals surface area contributed by atoms with Gasteiger partial charge in [0, 0.05) is 37.6 Å². The third kappa shape index (κ3) is 3.46. The number of rotatable bonds is 3. The van der Waals surface area contributed by atoms with Gasteiger partial charge in [0.2, 0.25) is 0 Å². The number of nitrogens with zero attached hydrogens (tertiary/aromatic N) is 4. The van der Waals surface area contributed by atoms with Gasteiger partial charge in [-0.1, -0.05) is 36.4 Å². The highest BCUT2D eigenvalue weighted by molar-refractivity contribution is 6.04. The van der Waals surface area contributed by atoms with Gasteiger partial charge in [-0.25, -0.2) is 0 Å². The highest BCUT2D eigenvalue weighted by Gasteiger charge is 2.47. The Labute approximate surface area is 187 Å². The second kappa shape index (κ2) is 8.06. The minimum atomic E-state index is -0.176. The largest absolute Gasteiger partial charge is 0.394 e. The smallest absolute Gasteiger partial charge is 0.275 e. The lowest BCUT2D eigenvalue weighted by molar-refractivity contribution is 0.0556. The van der Waals surface area contributed by atoms with Crippen molar-refractivity contribution in [3.8, 4) is 0 Å². The molecule has 5 rings (SSSR count). The molecule has 0 bridgehead atoms. The molecule has 2 saturated heterocycles. The fraction of sp³-hybridized carbons (Fsp3) is 0.400. The van der Waals surface area contributed by atoms with Gasteiger partial charge in [-0.15, -0.1) is 0 Å². The van der Waals surface area contributed by atoms with Gasteiger partial charge >= 0.3 is 0 Å². The first-order valence-electron chi connectivity index (χ1n) is 11.2. The molecule has 1 unspecified atom stereocenters. The first-order chi connectivity index (χ1) is 15.5. The van der Waals surface area contributed by atoms with E-state index in [9.17, 15) is 14.7 Å². The molecule has 166 valence electrons. The maximum absolute atomic E-state index is 13.3. The van der Waals surface area contributed by atoms with Gasteiger partial charge in [-0.2, -0.15) is 5.10 Å². The van der Waals surface area contributed by atoms with Crippen molar-refractivity contribution in [1.29, 1.82) is 0 Å². The summed E-state index contributed by atoms with van der Waals surface area (Å²) in [5.74, 6) is -0.0643. The van der Waals surface area contributed by atoms with Crippen LogP contribution in [0.1, 0.15) is 40.1 Å². The summed E-state index contributed by atoms with van der Waals surface area (Å²) < 4.78 is 1.75. The predicted octanol–water partition coefficient (Wildman–Crippen LogP) is 2.70. The lowest BCUT2D eigenvalue weighted by Crippen LogP contribution is -2.45. The van der Waals surface area contributed by atoms with E-state index >= 15 is 0 Å². The summed E-state index contributed by atoms with van der Waals surface area (Å²) in [5, 5.41) is 15.3. The fourth-order valence-corrected chi connectivity index (χ4v) is 5.38. The van der Waals surface area contributed by atoms with E-state index in [1.165, 1.54) is 0 Å². The molecule has 32 heavy (non-hydrogen) atoms. The number of hydrogen-bond donors (Lipinski definition) is 1. The number of piperidine rings is 1. The molecule has 3 heterocycles. The van der Waals surface area contributed by atoms with E-state index < -0.39 is 0 Å². The normalized spacial score (nSPS) is 20.2. The molecule has 2 aliphatic rings. The Morgan fingerprint density at radius 2 is 1.72 bits per heavy atom. The van der Waals surface area contributed by atoms with Crippen LogP contribution in [0, 0.1) is 5.41 Å². The summed E-state index contributed by atoms with van der Waals surface area (Å²) in [6.07, 6.45) is 2.41. The monoisotopic (exact) mass is 432 g/mol. The number of aliphatic hydroxyl groups excluding tert-OH is 1. The quantitative estimate of drug-likeness (QED) is 0.690. The number of para-hydroxylation sites is 1. The summed E-state index contributed by atoms with van der Waals surface area (Å²) in [6.45, 7) is 1.86. The van der Waals surface area contributed by atoms with Crippen LogP contribution in [0.4, 0.5) is 0 Å². The number of hydrogen-bond acceptors (Lipinski definition) is 4. The van der Waals surface area contributed by atoms with Crippen LogP contribution in [0.2, 0.25) is 0 Å². The molecule has 1 aromatic heterocycles. The SMILES string of the molecule is Cn1nc(C(=O)N2CCC3(CC2)CC(CO)N(C(=O)c2ccccc2)C3)c2ccccc21. The third-order valence-electron chi connectivity index (χ3n) is 7.18. The molecule has 7 heteroatoms. The molecule has 1 atom stereocenters. The zero-order valence-electron chi connectivity index (χ0n) is 18.3. The average Bonchev–Trinajstić information content (AvgIpc) is 3.37. The van der Waals surface area contributed by atoms with E-state index in [2.05, 4.69) is 5.10 Å². The van der Waals surface area contributed by atoms with Crippen LogP contribution < -0.4 is 0 Å². The number of carbonyl (C=O) groups excluding carboxylic acids is 2. The van der Waals surface area contributed by atoms with Gasteiger partial charge in [0.05, 0.1) is 18.2 Å². The van der Waals surface area contributed by atoms with E-state index in [1.54, 1.807) is 4.68 Å². The molecule has 0 radical (unpaired) electrons. The van der Waals surface area contributed by atoms with E-state index in [4.69, 9.17) is 0 Å². The highest BCUT2D eigenvalue weighted by atomic mass is 16.3. The van der Waals surface area contributed by atoms with E-state index in [0.717, 1.165) is 30.2 Å². The topological polar surface area (TPSA) is 78.7 Å². The molecule has 1 N–H and O–H groups in total. The van der Waals surface area contributed by atoms with Crippen molar-refractivity contribution >= 4 is 22.7 Å². The summed E-state index contributed by atoms with van der Waals surface area (Å²) >= 11 is 0. The van der Waals surface area contributed by atoms with E-state index in [1.807, 2.05) is 71.4 Å². The standard InChI is InChI=1S/C25H28N4O3/c1-27-21-10-6-5-9-20(21)22(26-27)24(32)28-13-11-25(12-14-28)15-19(16-30)29(17-25)23(31)18-7-3-2-4-8-18/h2-10,19,30H,11-17H2,1H3. The average molecular weight is 433 g/mol. The van der Waals surface area contributed by atoms with Crippen molar-refractivity contribution < 1.29 is 14.7 Å². The molecular weight excluding hydrogens is 404 g/mol. The summed E-state index contributed by atoms with van der Waals surface area (Å²) in [7, 11) is 1.86. The second-order valence-corrected chi connectivity index (χ2v) is 9.12. The first-order valence-corrected chi connectivity index (χ1v) is 11.2. The van der Waals surface area contributed by atoms with Crippen molar-refractivity contribution in [2.24, 2.45) is 12.5 Å². The fourth-order valence-electron chi connectivity index (χ4n) is 5.38. The van der Waals surface area contributed by atoms with Gasteiger partial charge < -0.3 is 14.9 Å². The summed E-state index contributed by atoms with van der Waals surface area (Å²) in [4.78, 5) is 30.0. The maximum Gasteiger partial charge on any atom is 0.275 e. The molecule has 2 amide bonds. The Bertz CT molecular complexity index is 1150. The van der Waals surface area contributed by atoms with Crippen molar-refractivity contribution in [2.75, 3.05) is 26.2 Å². The number of aryl methyl sites for hydroxylation is 1. The summed E-state index contributed by atoms with van der Waals surface area (Å²) in [6, 6.07) is 16.9. The number of aromatic nitrogens is 2. The van der Waals surface area contributed by atoms with Crippen LogP contribution in [-0.4, -0.2) is 68.8 Å². The van der Waals surface area contributed by atoms with E-state index in [0.29, 0.717) is 30.9 Å². The molecule has 1 spiro atoms. The molecule has 7 nitrogen and oxygen atoms in total. The number of amides is 2. The zero-order valence-corrected chi connectivity index (χ0v) is 18.3. The van der Waals surface area contributed by atoms with Crippen molar-refractivity contribution in [3.05, 3.63) is 65.9 Å². The van der Waals surface area contributed by atoms with Crippen LogP contribution in [-0.2, 0) is 7.05 Å². The minimum absolute atomic E-state index is 0.0278. The zero-order chi connectivity index (χ0) is 22.3. The van der Waals surface area contributed by atoms with Crippen LogP contribution in [0.5, 0.6) is 0 Å². The Balaban J connectivity index is 1.30. The molecule has 3 aromatic rings. The highest BCUT2D eigenvalue weighted by Crippen LogP contribution is 2.44. The van der Waals surface area contributed by atoms with Crippen LogP contribution >= 0.6 is 0 Å². The van der Waals surface area contributed by atoms with Gasteiger partial charge in [-0.3, -0.25) is 14.3 Å². The van der Waals surface area contributed by atoms with Crippen molar-refractivity contribution in [2.45, 2.75) is 25.3 Å². The van der Waals surface area contributed by atoms with Crippen molar-refractivity contribution in [1.82, 2.24) is 19.6 Å². The van der Waals surface area contributed by atoms with Crippen molar-refractivity contribution in [3.63, 3.8) is 0 Å². The van der Waals surface area contributed by atoms with Gasteiger partial charge in [0.1, 0.15) is 0 Å². The number of likely N-dealkylation sites (tertiary alicyclic amines) is 2. The number of benzene rings is 2. The number of carbonyl (C=O) groups is 2.